The first-order chi connectivity index (χ1) is 7.65. The van der Waals surface area contributed by atoms with Crippen LogP contribution in [0.3, 0.4) is 0 Å². The Hall–Kier alpha value is -2.17. The van der Waals surface area contributed by atoms with Crippen LogP contribution in [0.5, 0.6) is 0 Å². The van der Waals surface area contributed by atoms with E-state index in [1.165, 1.54) is 6.20 Å². The van der Waals surface area contributed by atoms with Crippen LogP contribution >= 0.6 is 0 Å². The third kappa shape index (κ3) is 2.25. The van der Waals surface area contributed by atoms with Crippen LogP contribution in [0.15, 0.2) is 30.9 Å². The molecule has 2 rings (SSSR count). The van der Waals surface area contributed by atoms with E-state index < -0.39 is 0 Å². The van der Waals surface area contributed by atoms with E-state index in [9.17, 15) is 4.79 Å². The van der Waals surface area contributed by atoms with Gasteiger partial charge in [0.05, 0.1) is 23.6 Å². The lowest BCUT2D eigenvalue weighted by Crippen LogP contribution is -2.11. The van der Waals surface area contributed by atoms with Crippen LogP contribution in [0.25, 0.3) is 0 Å². The van der Waals surface area contributed by atoms with Crippen molar-refractivity contribution in [1.82, 2.24) is 14.8 Å². The Morgan fingerprint density at radius 3 is 2.81 bits per heavy atom. The second-order valence-electron chi connectivity index (χ2n) is 3.61. The highest BCUT2D eigenvalue weighted by Gasteiger charge is 2.07. The summed E-state index contributed by atoms with van der Waals surface area (Å²) in [6.07, 6.45) is 6.54. The van der Waals surface area contributed by atoms with E-state index >= 15 is 0 Å². The molecule has 0 aromatic carbocycles. The number of hydrogen-bond acceptors (Lipinski definition) is 3. The molecule has 0 spiro atoms. The van der Waals surface area contributed by atoms with Gasteiger partial charge in [0.1, 0.15) is 0 Å². The molecule has 0 saturated heterocycles. The Morgan fingerprint density at radius 2 is 2.19 bits per heavy atom. The number of hydrogen-bond donors (Lipinski definition) is 1. The zero-order valence-electron chi connectivity index (χ0n) is 9.14. The van der Waals surface area contributed by atoms with Crippen LogP contribution in [0.1, 0.15) is 15.9 Å². The van der Waals surface area contributed by atoms with Crippen molar-refractivity contribution in [2.45, 2.75) is 6.92 Å². The van der Waals surface area contributed by atoms with Crippen LogP contribution in [-0.2, 0) is 7.05 Å². The van der Waals surface area contributed by atoms with Gasteiger partial charge in [-0.15, -0.1) is 0 Å². The molecule has 0 aliphatic rings. The van der Waals surface area contributed by atoms with Gasteiger partial charge >= 0.3 is 0 Å². The van der Waals surface area contributed by atoms with Crippen LogP contribution in [0.4, 0.5) is 5.69 Å². The van der Waals surface area contributed by atoms with Gasteiger partial charge in [-0.05, 0) is 18.6 Å². The second kappa shape index (κ2) is 4.14. The van der Waals surface area contributed by atoms with E-state index in [0.29, 0.717) is 11.3 Å². The van der Waals surface area contributed by atoms with E-state index in [-0.39, 0.29) is 5.91 Å². The molecular weight excluding hydrogens is 204 g/mol. The smallest absolute Gasteiger partial charge is 0.258 e. The van der Waals surface area contributed by atoms with E-state index in [2.05, 4.69) is 15.4 Å². The van der Waals surface area contributed by atoms with Gasteiger partial charge < -0.3 is 5.32 Å². The summed E-state index contributed by atoms with van der Waals surface area (Å²) in [6.45, 7) is 1.92. The summed E-state index contributed by atoms with van der Waals surface area (Å²) in [7, 11) is 1.77. The molecule has 0 fully saturated rings. The molecule has 2 aromatic heterocycles. The summed E-state index contributed by atoms with van der Waals surface area (Å²) in [6, 6.07) is 1.86. The van der Waals surface area contributed by atoms with Gasteiger partial charge in [0, 0.05) is 19.4 Å². The Bertz CT molecular complexity index is 518. The first-order valence-electron chi connectivity index (χ1n) is 4.87. The number of carbonyl (C=O) groups excluding carboxylic acids is 1. The summed E-state index contributed by atoms with van der Waals surface area (Å²) in [5, 5.41) is 6.69. The van der Waals surface area contributed by atoms with Crippen molar-refractivity contribution in [2.75, 3.05) is 5.32 Å². The van der Waals surface area contributed by atoms with Gasteiger partial charge in [0.15, 0.2) is 0 Å². The first kappa shape index (κ1) is 10.4. The molecule has 82 valence electrons. The molecule has 0 bridgehead atoms. The van der Waals surface area contributed by atoms with E-state index in [1.54, 1.807) is 30.3 Å². The van der Waals surface area contributed by atoms with Gasteiger partial charge in [-0.3, -0.25) is 14.5 Å². The number of nitrogens with one attached hydrogen (secondary N) is 1. The minimum Gasteiger partial charge on any atom is -0.320 e. The van der Waals surface area contributed by atoms with Crippen molar-refractivity contribution in [3.63, 3.8) is 0 Å². The topological polar surface area (TPSA) is 59.8 Å². The molecule has 5 nitrogen and oxygen atoms in total. The summed E-state index contributed by atoms with van der Waals surface area (Å²) >= 11 is 0. The maximum absolute atomic E-state index is 11.7. The number of aromatic nitrogens is 3. The molecule has 0 radical (unpaired) electrons. The van der Waals surface area contributed by atoms with Gasteiger partial charge in [-0.1, -0.05) is 0 Å². The Labute approximate surface area is 93.1 Å². The summed E-state index contributed by atoms with van der Waals surface area (Å²) in [4.78, 5) is 15.7. The molecule has 0 aliphatic heterocycles. The molecule has 5 heteroatoms. The van der Waals surface area contributed by atoms with Crippen LogP contribution in [0, 0.1) is 6.92 Å². The molecule has 2 aromatic rings. The Kier molecular flexibility index (Phi) is 2.68. The number of amides is 1. The van der Waals surface area contributed by atoms with Crippen LogP contribution < -0.4 is 5.32 Å². The number of nitrogens with zero attached hydrogens (tertiary/aromatic N) is 3. The summed E-state index contributed by atoms with van der Waals surface area (Å²) in [5.74, 6) is -0.180. The summed E-state index contributed by atoms with van der Waals surface area (Å²) in [5.41, 5.74) is 2.22. The average molecular weight is 216 g/mol. The standard InChI is InChI=1S/C11H12N4O/c1-8-3-10(6-12-4-8)14-11(16)9-5-13-15(2)7-9/h3-7H,1-2H3,(H,14,16). The van der Waals surface area contributed by atoms with Crippen molar-refractivity contribution < 1.29 is 4.79 Å². The number of carbonyl (C=O) groups is 1. The largest absolute Gasteiger partial charge is 0.320 e. The number of pyridine rings is 1. The molecule has 1 amide bonds. The first-order valence-corrected chi connectivity index (χ1v) is 4.87. The van der Waals surface area contributed by atoms with Crippen molar-refractivity contribution in [2.24, 2.45) is 7.05 Å². The predicted molar refractivity (Wildman–Crippen MR) is 60.1 cm³/mol. The van der Waals surface area contributed by atoms with Crippen molar-refractivity contribution in [3.8, 4) is 0 Å². The molecule has 1 N–H and O–H groups in total. The zero-order valence-corrected chi connectivity index (χ0v) is 9.14. The number of anilines is 1. The van der Waals surface area contributed by atoms with Gasteiger partial charge in [0.2, 0.25) is 0 Å². The van der Waals surface area contributed by atoms with Gasteiger partial charge in [0.25, 0.3) is 5.91 Å². The Balaban J connectivity index is 2.13. The zero-order chi connectivity index (χ0) is 11.5. The minimum absolute atomic E-state index is 0.180. The van der Waals surface area contributed by atoms with Crippen molar-refractivity contribution in [3.05, 3.63) is 42.0 Å². The van der Waals surface area contributed by atoms with E-state index in [1.807, 2.05) is 13.0 Å². The van der Waals surface area contributed by atoms with Crippen LogP contribution in [-0.4, -0.2) is 20.7 Å². The fraction of sp³-hybridized carbons (Fsp3) is 0.182. The molecular formula is C11H12N4O. The predicted octanol–water partition coefficient (Wildman–Crippen LogP) is 1.38. The van der Waals surface area contributed by atoms with Crippen molar-refractivity contribution >= 4 is 11.6 Å². The van der Waals surface area contributed by atoms with Crippen LogP contribution in [0.2, 0.25) is 0 Å². The SMILES string of the molecule is Cc1cncc(NC(=O)c2cnn(C)c2)c1. The second-order valence-corrected chi connectivity index (χ2v) is 3.61. The third-order valence-corrected chi connectivity index (χ3v) is 2.10. The van der Waals surface area contributed by atoms with Crippen molar-refractivity contribution in [1.29, 1.82) is 0 Å². The van der Waals surface area contributed by atoms with Gasteiger partial charge in [-0.25, -0.2) is 0 Å². The van der Waals surface area contributed by atoms with Gasteiger partial charge in [-0.2, -0.15) is 5.10 Å². The lowest BCUT2D eigenvalue weighted by molar-refractivity contribution is 0.102. The molecule has 0 saturated carbocycles. The highest BCUT2D eigenvalue weighted by atomic mass is 16.1. The van der Waals surface area contributed by atoms with E-state index in [0.717, 1.165) is 5.56 Å². The average Bonchev–Trinajstić information content (AvgIpc) is 2.65. The summed E-state index contributed by atoms with van der Waals surface area (Å²) < 4.78 is 1.59. The highest BCUT2D eigenvalue weighted by molar-refractivity contribution is 6.03. The Morgan fingerprint density at radius 1 is 1.38 bits per heavy atom. The maximum atomic E-state index is 11.7. The molecule has 0 aliphatic carbocycles. The highest BCUT2D eigenvalue weighted by Crippen LogP contribution is 2.09. The molecule has 2 heterocycles. The fourth-order valence-corrected chi connectivity index (χ4v) is 1.37. The maximum Gasteiger partial charge on any atom is 0.258 e. The fourth-order valence-electron chi connectivity index (χ4n) is 1.37. The monoisotopic (exact) mass is 216 g/mol. The molecule has 0 unspecified atom stereocenters. The lowest BCUT2D eigenvalue weighted by atomic mass is 10.3. The minimum atomic E-state index is -0.180. The number of rotatable bonds is 2. The lowest BCUT2D eigenvalue weighted by Gasteiger charge is -2.03. The van der Waals surface area contributed by atoms with E-state index in [4.69, 9.17) is 0 Å². The quantitative estimate of drug-likeness (QED) is 0.824. The number of aryl methyl sites for hydroxylation is 2. The third-order valence-electron chi connectivity index (χ3n) is 2.10. The molecule has 16 heavy (non-hydrogen) atoms. The molecule has 0 atom stereocenters. The normalized spacial score (nSPS) is 10.1.